The molecular formula is C12H11NO. The first-order chi connectivity index (χ1) is 6.66. The first-order valence-electron chi connectivity index (χ1n) is 4.47. The Morgan fingerprint density at radius 2 is 1.86 bits per heavy atom. The fourth-order valence-corrected chi connectivity index (χ4v) is 1.53. The van der Waals surface area contributed by atoms with Crippen LogP contribution in [0, 0.1) is 0 Å². The zero-order chi connectivity index (χ0) is 10.1. The van der Waals surface area contributed by atoms with Crippen molar-refractivity contribution in [2.45, 2.75) is 6.92 Å². The number of Topliss-reactive ketones (excluding diaryl/α,β-unsaturated/α-hetero) is 1. The number of carbonyl (C=O) groups is 1. The summed E-state index contributed by atoms with van der Waals surface area (Å²) >= 11 is 0. The molecule has 2 nitrogen and oxygen atoms in total. The van der Waals surface area contributed by atoms with Crippen LogP contribution in [0.15, 0.2) is 36.4 Å². The summed E-state index contributed by atoms with van der Waals surface area (Å²) in [4.78, 5) is 11.2. The standard InChI is InChI=1S/C12H11NO/c1-8(14)9-3-2-4-10-6-12(13)7-11(10)5-9/h2-7H,13H2,1H3. The number of ketones is 1. The second-order valence-corrected chi connectivity index (χ2v) is 3.38. The summed E-state index contributed by atoms with van der Waals surface area (Å²) in [7, 11) is 0. The number of fused-ring (bicyclic) bond motifs is 1. The third kappa shape index (κ3) is 1.46. The van der Waals surface area contributed by atoms with Crippen molar-refractivity contribution < 1.29 is 4.79 Å². The van der Waals surface area contributed by atoms with Crippen molar-refractivity contribution in [3.63, 3.8) is 0 Å². The summed E-state index contributed by atoms with van der Waals surface area (Å²) in [5.74, 6) is 0.0715. The molecule has 0 bridgehead atoms. The van der Waals surface area contributed by atoms with Gasteiger partial charge in [0.15, 0.2) is 5.78 Å². The number of rotatable bonds is 1. The smallest absolute Gasteiger partial charge is 0.159 e. The molecule has 0 saturated heterocycles. The molecule has 2 heteroatoms. The number of nitrogen functional groups attached to an aromatic ring is 1. The lowest BCUT2D eigenvalue weighted by atomic mass is 10.1. The van der Waals surface area contributed by atoms with Gasteiger partial charge < -0.3 is 5.73 Å². The minimum atomic E-state index is 0.0715. The highest BCUT2D eigenvalue weighted by atomic mass is 16.1. The van der Waals surface area contributed by atoms with Crippen molar-refractivity contribution in [1.29, 1.82) is 0 Å². The number of nitrogens with two attached hydrogens (primary N) is 1. The van der Waals surface area contributed by atoms with Crippen LogP contribution >= 0.6 is 0 Å². The van der Waals surface area contributed by atoms with Crippen molar-refractivity contribution in [3.8, 4) is 11.1 Å². The summed E-state index contributed by atoms with van der Waals surface area (Å²) in [5, 5.41) is 0. The Bertz CT molecular complexity index is 462. The number of anilines is 1. The van der Waals surface area contributed by atoms with E-state index in [-0.39, 0.29) is 5.78 Å². The minimum absolute atomic E-state index is 0.0715. The lowest BCUT2D eigenvalue weighted by Crippen LogP contribution is -1.88. The van der Waals surface area contributed by atoms with Gasteiger partial charge >= 0.3 is 0 Å². The van der Waals surface area contributed by atoms with Crippen molar-refractivity contribution >= 4 is 11.5 Å². The summed E-state index contributed by atoms with van der Waals surface area (Å²) in [6.45, 7) is 1.56. The lowest BCUT2D eigenvalue weighted by molar-refractivity contribution is 0.101. The van der Waals surface area contributed by atoms with Crippen LogP contribution in [0.5, 0.6) is 0 Å². The fraction of sp³-hybridized carbons (Fsp3) is 0.0833. The predicted molar refractivity (Wildman–Crippen MR) is 57.5 cm³/mol. The maximum Gasteiger partial charge on any atom is 0.159 e. The van der Waals surface area contributed by atoms with E-state index in [0.29, 0.717) is 5.56 Å². The topological polar surface area (TPSA) is 43.1 Å². The first-order valence-corrected chi connectivity index (χ1v) is 4.47. The third-order valence-corrected chi connectivity index (χ3v) is 2.25. The van der Waals surface area contributed by atoms with Crippen LogP contribution in [0.3, 0.4) is 0 Å². The molecule has 2 aliphatic carbocycles. The van der Waals surface area contributed by atoms with Gasteiger partial charge in [0, 0.05) is 11.3 Å². The van der Waals surface area contributed by atoms with E-state index in [0.717, 1.165) is 16.8 Å². The molecule has 0 atom stereocenters. The maximum atomic E-state index is 11.2. The summed E-state index contributed by atoms with van der Waals surface area (Å²) < 4.78 is 0. The molecule has 0 unspecified atom stereocenters. The fourth-order valence-electron chi connectivity index (χ4n) is 1.53. The largest absolute Gasteiger partial charge is 0.399 e. The Kier molecular flexibility index (Phi) is 1.97. The normalized spacial score (nSPS) is 10.4. The third-order valence-electron chi connectivity index (χ3n) is 2.25. The van der Waals surface area contributed by atoms with Gasteiger partial charge in [-0.2, -0.15) is 0 Å². The van der Waals surface area contributed by atoms with Gasteiger partial charge in [0.2, 0.25) is 0 Å². The van der Waals surface area contributed by atoms with E-state index in [1.165, 1.54) is 0 Å². The van der Waals surface area contributed by atoms with Gasteiger partial charge in [0.25, 0.3) is 0 Å². The van der Waals surface area contributed by atoms with Gasteiger partial charge in [-0.3, -0.25) is 4.79 Å². The molecule has 0 heterocycles. The molecular weight excluding hydrogens is 174 g/mol. The maximum absolute atomic E-state index is 11.2. The second-order valence-electron chi connectivity index (χ2n) is 3.38. The Labute approximate surface area is 82.7 Å². The molecule has 2 rings (SSSR count). The van der Waals surface area contributed by atoms with Gasteiger partial charge in [0.1, 0.15) is 0 Å². The van der Waals surface area contributed by atoms with Crippen molar-refractivity contribution in [2.75, 3.05) is 5.73 Å². The molecule has 2 N–H and O–H groups in total. The van der Waals surface area contributed by atoms with Crippen LogP contribution in [0.4, 0.5) is 5.69 Å². The van der Waals surface area contributed by atoms with E-state index >= 15 is 0 Å². The molecule has 14 heavy (non-hydrogen) atoms. The highest BCUT2D eigenvalue weighted by Gasteiger charge is 2.05. The van der Waals surface area contributed by atoms with Crippen molar-refractivity contribution in [2.24, 2.45) is 0 Å². The Morgan fingerprint density at radius 1 is 1.14 bits per heavy atom. The molecule has 0 fully saturated rings. The SMILES string of the molecule is CC(=O)c1cccc2cc(N)cc-2c1. The molecule has 0 aromatic rings. The molecule has 0 aliphatic heterocycles. The van der Waals surface area contributed by atoms with Crippen LogP contribution in [-0.2, 0) is 0 Å². The van der Waals surface area contributed by atoms with Gasteiger partial charge in [-0.05, 0) is 36.2 Å². The second kappa shape index (κ2) is 3.14. The van der Waals surface area contributed by atoms with Crippen LogP contribution in [-0.4, -0.2) is 5.78 Å². The lowest BCUT2D eigenvalue weighted by Gasteiger charge is -1.91. The number of carbonyl (C=O) groups excluding carboxylic acids is 1. The van der Waals surface area contributed by atoms with E-state index in [9.17, 15) is 4.79 Å². The van der Waals surface area contributed by atoms with Crippen molar-refractivity contribution in [3.05, 3.63) is 42.0 Å². The zero-order valence-corrected chi connectivity index (χ0v) is 7.95. The van der Waals surface area contributed by atoms with Gasteiger partial charge in [0.05, 0.1) is 0 Å². The molecule has 0 aromatic heterocycles. The molecule has 0 aromatic carbocycles. The van der Waals surface area contributed by atoms with E-state index in [1.807, 2.05) is 36.4 Å². The first kappa shape index (κ1) is 8.75. The molecule has 0 spiro atoms. The van der Waals surface area contributed by atoms with Gasteiger partial charge in [-0.25, -0.2) is 0 Å². The van der Waals surface area contributed by atoms with Crippen LogP contribution in [0.25, 0.3) is 11.1 Å². The van der Waals surface area contributed by atoms with E-state index in [4.69, 9.17) is 5.73 Å². The Hall–Kier alpha value is -1.83. The Morgan fingerprint density at radius 3 is 2.57 bits per heavy atom. The minimum Gasteiger partial charge on any atom is -0.399 e. The summed E-state index contributed by atoms with van der Waals surface area (Å²) in [6.07, 6.45) is 0. The van der Waals surface area contributed by atoms with Crippen LogP contribution in [0.2, 0.25) is 0 Å². The average molecular weight is 185 g/mol. The molecule has 70 valence electrons. The quantitative estimate of drug-likeness (QED) is 0.694. The van der Waals surface area contributed by atoms with E-state index in [2.05, 4.69) is 0 Å². The molecule has 0 radical (unpaired) electrons. The molecule has 0 amide bonds. The zero-order valence-electron chi connectivity index (χ0n) is 7.95. The number of hydrogen-bond donors (Lipinski definition) is 1. The van der Waals surface area contributed by atoms with Gasteiger partial charge in [-0.15, -0.1) is 0 Å². The van der Waals surface area contributed by atoms with Crippen LogP contribution in [0.1, 0.15) is 17.3 Å². The molecule has 0 saturated carbocycles. The number of hydrogen-bond acceptors (Lipinski definition) is 2. The average Bonchev–Trinajstić information content (AvgIpc) is 2.32. The highest BCUT2D eigenvalue weighted by Crippen LogP contribution is 2.27. The van der Waals surface area contributed by atoms with Crippen LogP contribution < -0.4 is 5.73 Å². The van der Waals surface area contributed by atoms with E-state index in [1.54, 1.807) is 6.92 Å². The highest BCUT2D eigenvalue weighted by molar-refractivity contribution is 5.95. The predicted octanol–water partition coefficient (Wildman–Crippen LogP) is 2.58. The molecule has 2 aliphatic rings. The van der Waals surface area contributed by atoms with Gasteiger partial charge in [-0.1, -0.05) is 18.2 Å². The summed E-state index contributed by atoms with van der Waals surface area (Å²) in [6, 6.07) is 11.3. The summed E-state index contributed by atoms with van der Waals surface area (Å²) in [5.41, 5.74) is 9.20. The Balaban J connectivity index is 2.66. The van der Waals surface area contributed by atoms with Crippen molar-refractivity contribution in [1.82, 2.24) is 0 Å². The monoisotopic (exact) mass is 185 g/mol. The van der Waals surface area contributed by atoms with E-state index < -0.39 is 0 Å².